The minimum absolute atomic E-state index is 0.140. The van der Waals surface area contributed by atoms with Crippen molar-refractivity contribution in [3.05, 3.63) is 29.6 Å². The fourth-order valence-electron chi connectivity index (χ4n) is 3.07. The van der Waals surface area contributed by atoms with Gasteiger partial charge in [0, 0.05) is 18.8 Å². The number of ether oxygens (including phenoxy) is 1. The molecule has 3 nitrogen and oxygen atoms in total. The molecule has 3 rings (SSSR count). The molecular formula is C15H21FN2O. The molecule has 0 aliphatic carbocycles. The lowest BCUT2D eigenvalue weighted by Crippen LogP contribution is -2.37. The van der Waals surface area contributed by atoms with Crippen LogP contribution in [-0.4, -0.2) is 39.4 Å². The first-order chi connectivity index (χ1) is 9.34. The molecule has 19 heavy (non-hydrogen) atoms. The number of anilines is 1. The molecule has 104 valence electrons. The number of nitrogens with one attached hydrogen (secondary N) is 1. The van der Waals surface area contributed by atoms with E-state index in [-0.39, 0.29) is 5.82 Å². The lowest BCUT2D eigenvalue weighted by molar-refractivity contribution is 0.122. The van der Waals surface area contributed by atoms with Gasteiger partial charge in [-0.15, -0.1) is 0 Å². The molecule has 2 heterocycles. The SMILES string of the molecule is Fc1ccc(C2CCNCC2)c(N2CCOCC2)c1. The molecular weight excluding hydrogens is 243 g/mol. The van der Waals surface area contributed by atoms with Crippen molar-refractivity contribution in [2.75, 3.05) is 44.3 Å². The van der Waals surface area contributed by atoms with Crippen LogP contribution in [0.4, 0.5) is 10.1 Å². The van der Waals surface area contributed by atoms with Gasteiger partial charge in [0.15, 0.2) is 0 Å². The first-order valence-electron chi connectivity index (χ1n) is 7.17. The van der Waals surface area contributed by atoms with Crippen molar-refractivity contribution in [1.29, 1.82) is 0 Å². The van der Waals surface area contributed by atoms with Gasteiger partial charge in [0.1, 0.15) is 5.82 Å². The fraction of sp³-hybridized carbons (Fsp3) is 0.600. The highest BCUT2D eigenvalue weighted by molar-refractivity contribution is 5.56. The van der Waals surface area contributed by atoms with Crippen LogP contribution in [0, 0.1) is 5.82 Å². The summed E-state index contributed by atoms with van der Waals surface area (Å²) in [6.07, 6.45) is 2.28. The van der Waals surface area contributed by atoms with Crippen molar-refractivity contribution in [3.63, 3.8) is 0 Å². The summed E-state index contributed by atoms with van der Waals surface area (Å²) in [7, 11) is 0. The number of benzene rings is 1. The zero-order valence-electron chi connectivity index (χ0n) is 11.2. The van der Waals surface area contributed by atoms with Crippen molar-refractivity contribution in [2.24, 2.45) is 0 Å². The van der Waals surface area contributed by atoms with Gasteiger partial charge in [-0.2, -0.15) is 0 Å². The third-order valence-corrected chi connectivity index (χ3v) is 4.12. The average Bonchev–Trinajstić information content (AvgIpc) is 2.49. The summed E-state index contributed by atoms with van der Waals surface area (Å²) in [5.74, 6) is 0.416. The zero-order valence-corrected chi connectivity index (χ0v) is 11.2. The van der Waals surface area contributed by atoms with Gasteiger partial charge in [-0.05, 0) is 49.5 Å². The molecule has 0 bridgehead atoms. The van der Waals surface area contributed by atoms with E-state index >= 15 is 0 Å². The Labute approximate surface area is 113 Å². The number of nitrogens with zero attached hydrogens (tertiary/aromatic N) is 1. The predicted molar refractivity (Wildman–Crippen MR) is 74.3 cm³/mol. The molecule has 1 N–H and O–H groups in total. The summed E-state index contributed by atoms with van der Waals surface area (Å²) in [6, 6.07) is 5.28. The summed E-state index contributed by atoms with van der Waals surface area (Å²) >= 11 is 0. The number of rotatable bonds is 2. The van der Waals surface area contributed by atoms with Gasteiger partial charge in [-0.25, -0.2) is 4.39 Å². The maximum absolute atomic E-state index is 13.6. The zero-order chi connectivity index (χ0) is 13.1. The Bertz CT molecular complexity index is 426. The number of morpholine rings is 1. The molecule has 0 saturated carbocycles. The van der Waals surface area contributed by atoms with E-state index in [0.717, 1.165) is 57.9 Å². The fourth-order valence-corrected chi connectivity index (χ4v) is 3.07. The van der Waals surface area contributed by atoms with Crippen LogP contribution in [0.3, 0.4) is 0 Å². The van der Waals surface area contributed by atoms with Gasteiger partial charge < -0.3 is 15.0 Å². The first kappa shape index (κ1) is 12.9. The smallest absolute Gasteiger partial charge is 0.125 e. The Balaban J connectivity index is 1.88. The lowest BCUT2D eigenvalue weighted by Gasteiger charge is -2.33. The summed E-state index contributed by atoms with van der Waals surface area (Å²) in [4.78, 5) is 2.27. The normalized spacial score (nSPS) is 21.6. The molecule has 2 fully saturated rings. The molecule has 0 aromatic heterocycles. The predicted octanol–water partition coefficient (Wildman–Crippen LogP) is 2.13. The van der Waals surface area contributed by atoms with Gasteiger partial charge >= 0.3 is 0 Å². The van der Waals surface area contributed by atoms with E-state index in [9.17, 15) is 4.39 Å². The average molecular weight is 264 g/mol. The van der Waals surface area contributed by atoms with Gasteiger partial charge in [-0.1, -0.05) is 6.07 Å². The second kappa shape index (κ2) is 5.88. The van der Waals surface area contributed by atoms with E-state index in [0.29, 0.717) is 5.92 Å². The molecule has 1 aromatic carbocycles. The van der Waals surface area contributed by atoms with Crippen molar-refractivity contribution in [3.8, 4) is 0 Å². The third kappa shape index (κ3) is 2.90. The summed E-state index contributed by atoms with van der Waals surface area (Å²) in [5, 5.41) is 3.39. The Kier molecular flexibility index (Phi) is 3.99. The molecule has 4 heteroatoms. The number of piperidine rings is 1. The highest BCUT2D eigenvalue weighted by atomic mass is 19.1. The minimum Gasteiger partial charge on any atom is -0.378 e. The second-order valence-corrected chi connectivity index (χ2v) is 5.33. The van der Waals surface area contributed by atoms with E-state index in [1.165, 1.54) is 5.56 Å². The largest absolute Gasteiger partial charge is 0.378 e. The topological polar surface area (TPSA) is 24.5 Å². The maximum atomic E-state index is 13.6. The van der Waals surface area contributed by atoms with Gasteiger partial charge in [0.05, 0.1) is 13.2 Å². The molecule has 1 aromatic rings. The quantitative estimate of drug-likeness (QED) is 0.885. The van der Waals surface area contributed by atoms with Crippen molar-refractivity contribution >= 4 is 5.69 Å². The first-order valence-corrected chi connectivity index (χ1v) is 7.17. The molecule has 2 saturated heterocycles. The molecule has 0 unspecified atom stereocenters. The lowest BCUT2D eigenvalue weighted by atomic mass is 9.88. The van der Waals surface area contributed by atoms with Gasteiger partial charge in [0.25, 0.3) is 0 Å². The highest BCUT2D eigenvalue weighted by Gasteiger charge is 2.22. The van der Waals surface area contributed by atoms with E-state index in [2.05, 4.69) is 10.2 Å². The van der Waals surface area contributed by atoms with Gasteiger partial charge in [-0.3, -0.25) is 0 Å². The van der Waals surface area contributed by atoms with Crippen LogP contribution in [0.5, 0.6) is 0 Å². The Morgan fingerprint density at radius 1 is 1.16 bits per heavy atom. The minimum atomic E-state index is -0.140. The summed E-state index contributed by atoms with van der Waals surface area (Å²) in [5.41, 5.74) is 2.39. The van der Waals surface area contributed by atoms with Crippen molar-refractivity contribution in [2.45, 2.75) is 18.8 Å². The maximum Gasteiger partial charge on any atom is 0.125 e. The molecule has 0 atom stereocenters. The molecule has 0 spiro atoms. The molecule has 0 amide bonds. The van der Waals surface area contributed by atoms with E-state index in [1.807, 2.05) is 6.07 Å². The Hall–Kier alpha value is -1.13. The highest BCUT2D eigenvalue weighted by Crippen LogP contribution is 2.34. The Morgan fingerprint density at radius 2 is 1.89 bits per heavy atom. The number of hydrogen-bond acceptors (Lipinski definition) is 3. The van der Waals surface area contributed by atoms with E-state index in [1.54, 1.807) is 12.1 Å². The summed E-state index contributed by atoms with van der Waals surface area (Å²) < 4.78 is 19.0. The van der Waals surface area contributed by atoms with Gasteiger partial charge in [0.2, 0.25) is 0 Å². The van der Waals surface area contributed by atoms with Crippen LogP contribution in [0.25, 0.3) is 0 Å². The van der Waals surface area contributed by atoms with Crippen LogP contribution in [0.1, 0.15) is 24.3 Å². The van der Waals surface area contributed by atoms with Crippen molar-refractivity contribution in [1.82, 2.24) is 5.32 Å². The van der Waals surface area contributed by atoms with E-state index in [4.69, 9.17) is 4.74 Å². The molecule has 0 radical (unpaired) electrons. The Morgan fingerprint density at radius 3 is 2.63 bits per heavy atom. The number of halogens is 1. The monoisotopic (exact) mass is 264 g/mol. The van der Waals surface area contributed by atoms with Crippen LogP contribution in [0.15, 0.2) is 18.2 Å². The number of hydrogen-bond donors (Lipinski definition) is 1. The van der Waals surface area contributed by atoms with Crippen molar-refractivity contribution < 1.29 is 9.13 Å². The molecule has 2 aliphatic rings. The van der Waals surface area contributed by atoms with Crippen LogP contribution < -0.4 is 10.2 Å². The molecule has 2 aliphatic heterocycles. The standard InChI is InChI=1S/C15H21FN2O/c16-13-1-2-14(12-3-5-17-6-4-12)15(11-13)18-7-9-19-10-8-18/h1-2,11-12,17H,3-10H2. The summed E-state index contributed by atoms with van der Waals surface area (Å²) in [6.45, 7) is 5.32. The van der Waals surface area contributed by atoms with Crippen LogP contribution >= 0.6 is 0 Å². The second-order valence-electron chi connectivity index (χ2n) is 5.33. The van der Waals surface area contributed by atoms with Crippen LogP contribution in [-0.2, 0) is 4.74 Å². The third-order valence-electron chi connectivity index (χ3n) is 4.12. The van der Waals surface area contributed by atoms with Crippen LogP contribution in [0.2, 0.25) is 0 Å². The van der Waals surface area contributed by atoms with E-state index < -0.39 is 0 Å².